The van der Waals surface area contributed by atoms with Crippen LogP contribution in [0.5, 0.6) is 11.5 Å². The summed E-state index contributed by atoms with van der Waals surface area (Å²) in [4.78, 5) is 23.7. The molecule has 6 heteroatoms. The van der Waals surface area contributed by atoms with Gasteiger partial charge in [0.1, 0.15) is 18.1 Å². The number of ether oxygens (including phenoxy) is 3. The minimum Gasteiger partial charge on any atom is -0.497 e. The van der Waals surface area contributed by atoms with Crippen molar-refractivity contribution < 1.29 is 23.8 Å². The molecule has 2 aromatic carbocycles. The van der Waals surface area contributed by atoms with E-state index in [9.17, 15) is 9.59 Å². The molecule has 0 fully saturated rings. The number of nitriles is 1. The third kappa shape index (κ3) is 6.01. The van der Waals surface area contributed by atoms with E-state index < -0.39 is 11.9 Å². The second-order valence-electron chi connectivity index (χ2n) is 5.55. The molecule has 0 aliphatic heterocycles. The van der Waals surface area contributed by atoms with Gasteiger partial charge < -0.3 is 14.2 Å². The molecule has 2 rings (SSSR count). The summed E-state index contributed by atoms with van der Waals surface area (Å²) in [5.74, 6) is 0.109. The highest BCUT2D eigenvalue weighted by molar-refractivity contribution is 5.91. The number of methoxy groups -OCH3 is 1. The molecule has 0 saturated carbocycles. The van der Waals surface area contributed by atoms with Crippen molar-refractivity contribution in [3.05, 3.63) is 65.2 Å². The Labute approximate surface area is 157 Å². The van der Waals surface area contributed by atoms with E-state index in [1.165, 1.54) is 6.08 Å². The van der Waals surface area contributed by atoms with Crippen molar-refractivity contribution in [2.75, 3.05) is 13.7 Å². The SMILES string of the molecule is COc1ccc(C(=O)Oc2ccc(/C=C/C(=O)OCCC#N)cc2C)cc1. The van der Waals surface area contributed by atoms with Crippen molar-refractivity contribution in [1.82, 2.24) is 0 Å². The van der Waals surface area contributed by atoms with Gasteiger partial charge in [-0.05, 0) is 60.5 Å². The molecule has 0 N–H and O–H groups in total. The van der Waals surface area contributed by atoms with E-state index in [0.717, 1.165) is 11.1 Å². The first kappa shape index (κ1) is 19.7. The van der Waals surface area contributed by atoms with Gasteiger partial charge in [0.05, 0.1) is 25.2 Å². The van der Waals surface area contributed by atoms with Crippen molar-refractivity contribution in [1.29, 1.82) is 5.26 Å². The number of aryl methyl sites for hydroxylation is 1. The zero-order valence-corrected chi connectivity index (χ0v) is 15.1. The van der Waals surface area contributed by atoms with Gasteiger partial charge in [0, 0.05) is 6.08 Å². The summed E-state index contributed by atoms with van der Waals surface area (Å²) in [6.45, 7) is 1.87. The quantitative estimate of drug-likeness (QED) is 0.322. The molecule has 0 atom stereocenters. The van der Waals surface area contributed by atoms with Crippen molar-refractivity contribution in [3.63, 3.8) is 0 Å². The molecule has 0 aromatic heterocycles. The fraction of sp³-hybridized carbons (Fsp3) is 0.190. The topological polar surface area (TPSA) is 85.6 Å². The lowest BCUT2D eigenvalue weighted by Gasteiger charge is -2.08. The Morgan fingerprint density at radius 3 is 2.52 bits per heavy atom. The third-order valence-corrected chi connectivity index (χ3v) is 3.60. The molecule has 0 spiro atoms. The average molecular weight is 365 g/mol. The minimum atomic E-state index is -0.516. The molecule has 0 aliphatic carbocycles. The number of carbonyl (C=O) groups excluding carboxylic acids is 2. The molecular formula is C21H19NO5. The summed E-state index contributed by atoms with van der Waals surface area (Å²) < 4.78 is 15.3. The Kier molecular flexibility index (Phi) is 7.15. The summed E-state index contributed by atoms with van der Waals surface area (Å²) in [6, 6.07) is 13.7. The lowest BCUT2D eigenvalue weighted by molar-refractivity contribution is -0.137. The first-order valence-corrected chi connectivity index (χ1v) is 8.22. The van der Waals surface area contributed by atoms with Crippen LogP contribution in [-0.4, -0.2) is 25.7 Å². The van der Waals surface area contributed by atoms with E-state index in [-0.39, 0.29) is 13.0 Å². The predicted octanol–water partition coefficient (Wildman–Crippen LogP) is 3.69. The second kappa shape index (κ2) is 9.78. The molecule has 138 valence electrons. The molecule has 0 bridgehead atoms. The maximum atomic E-state index is 12.2. The molecule has 6 nitrogen and oxygen atoms in total. The summed E-state index contributed by atoms with van der Waals surface area (Å²) >= 11 is 0. The van der Waals surface area contributed by atoms with Crippen molar-refractivity contribution in [2.24, 2.45) is 0 Å². The number of hydrogen-bond acceptors (Lipinski definition) is 6. The van der Waals surface area contributed by atoms with Crippen molar-refractivity contribution in [3.8, 4) is 17.6 Å². The fourth-order valence-electron chi connectivity index (χ4n) is 2.19. The number of benzene rings is 2. The van der Waals surface area contributed by atoms with Crippen molar-refractivity contribution >= 4 is 18.0 Å². The maximum absolute atomic E-state index is 12.2. The van der Waals surface area contributed by atoms with E-state index in [0.29, 0.717) is 17.1 Å². The fourth-order valence-corrected chi connectivity index (χ4v) is 2.19. The van der Waals surface area contributed by atoms with Gasteiger partial charge >= 0.3 is 11.9 Å². The summed E-state index contributed by atoms with van der Waals surface area (Å²) in [5.41, 5.74) is 1.92. The van der Waals surface area contributed by atoms with Crippen molar-refractivity contribution in [2.45, 2.75) is 13.3 Å². The summed E-state index contributed by atoms with van der Waals surface area (Å²) in [7, 11) is 1.55. The zero-order chi connectivity index (χ0) is 19.6. The first-order chi connectivity index (χ1) is 13.0. The van der Waals surface area contributed by atoms with Crippen LogP contribution in [-0.2, 0) is 9.53 Å². The number of carbonyl (C=O) groups is 2. The average Bonchev–Trinajstić information content (AvgIpc) is 2.68. The first-order valence-electron chi connectivity index (χ1n) is 8.22. The van der Waals surface area contributed by atoms with Crippen LogP contribution < -0.4 is 9.47 Å². The van der Waals surface area contributed by atoms with Crippen LogP contribution in [0.3, 0.4) is 0 Å². The lowest BCUT2D eigenvalue weighted by atomic mass is 10.1. The third-order valence-electron chi connectivity index (χ3n) is 3.60. The van der Waals surface area contributed by atoms with Crippen LogP contribution >= 0.6 is 0 Å². The smallest absolute Gasteiger partial charge is 0.343 e. The molecule has 27 heavy (non-hydrogen) atoms. The van der Waals surface area contributed by atoms with Crippen LogP contribution in [0.2, 0.25) is 0 Å². The Morgan fingerprint density at radius 1 is 1.15 bits per heavy atom. The van der Waals surface area contributed by atoms with Gasteiger partial charge in [-0.15, -0.1) is 0 Å². The van der Waals surface area contributed by atoms with Gasteiger partial charge in [-0.25, -0.2) is 9.59 Å². The van der Waals surface area contributed by atoms with E-state index in [4.69, 9.17) is 19.5 Å². The van der Waals surface area contributed by atoms with Gasteiger partial charge in [0.15, 0.2) is 0 Å². The number of esters is 2. The van der Waals surface area contributed by atoms with E-state index in [1.54, 1.807) is 62.6 Å². The van der Waals surface area contributed by atoms with Crippen LogP contribution in [0.4, 0.5) is 0 Å². The van der Waals surface area contributed by atoms with Crippen LogP contribution in [0.15, 0.2) is 48.5 Å². The van der Waals surface area contributed by atoms with Crippen LogP contribution in [0.1, 0.15) is 27.9 Å². The molecule has 0 radical (unpaired) electrons. The highest BCUT2D eigenvalue weighted by Crippen LogP contribution is 2.22. The molecule has 0 heterocycles. The van der Waals surface area contributed by atoms with Crippen LogP contribution in [0, 0.1) is 18.3 Å². The summed E-state index contributed by atoms with van der Waals surface area (Å²) in [6.07, 6.45) is 3.04. The summed E-state index contributed by atoms with van der Waals surface area (Å²) in [5, 5.41) is 8.40. The molecule has 0 unspecified atom stereocenters. The number of nitrogens with zero attached hydrogens (tertiary/aromatic N) is 1. The lowest BCUT2D eigenvalue weighted by Crippen LogP contribution is -2.09. The number of hydrogen-bond donors (Lipinski definition) is 0. The standard InChI is InChI=1S/C21H19NO5/c1-15-14-16(5-11-20(23)26-13-3-12-22)4-10-19(15)27-21(24)17-6-8-18(25-2)9-7-17/h4-11,14H,3,13H2,1-2H3/b11-5+. The van der Waals surface area contributed by atoms with Gasteiger partial charge in [-0.3, -0.25) is 0 Å². The molecule has 0 amide bonds. The Bertz CT molecular complexity index is 878. The Morgan fingerprint density at radius 2 is 1.89 bits per heavy atom. The molecule has 0 aliphatic rings. The minimum absolute atomic E-state index is 0.0684. The largest absolute Gasteiger partial charge is 0.497 e. The normalized spacial score (nSPS) is 10.3. The molecule has 2 aromatic rings. The van der Waals surface area contributed by atoms with E-state index in [2.05, 4.69) is 0 Å². The maximum Gasteiger partial charge on any atom is 0.343 e. The van der Waals surface area contributed by atoms with Gasteiger partial charge in [-0.1, -0.05) is 6.07 Å². The van der Waals surface area contributed by atoms with Crippen LogP contribution in [0.25, 0.3) is 6.08 Å². The highest BCUT2D eigenvalue weighted by atomic mass is 16.5. The van der Waals surface area contributed by atoms with E-state index >= 15 is 0 Å². The predicted molar refractivity (Wildman–Crippen MR) is 99.4 cm³/mol. The van der Waals surface area contributed by atoms with Gasteiger partial charge in [0.25, 0.3) is 0 Å². The zero-order valence-electron chi connectivity index (χ0n) is 15.1. The second-order valence-corrected chi connectivity index (χ2v) is 5.55. The van der Waals surface area contributed by atoms with Gasteiger partial charge in [-0.2, -0.15) is 5.26 Å². The Balaban J connectivity index is 2.00. The molecule has 0 saturated heterocycles. The Hall–Kier alpha value is -3.59. The number of rotatable bonds is 7. The highest BCUT2D eigenvalue weighted by Gasteiger charge is 2.10. The monoisotopic (exact) mass is 365 g/mol. The van der Waals surface area contributed by atoms with Gasteiger partial charge in [0.2, 0.25) is 0 Å². The molecular weight excluding hydrogens is 346 g/mol. The van der Waals surface area contributed by atoms with E-state index in [1.807, 2.05) is 6.07 Å².